The predicted octanol–water partition coefficient (Wildman–Crippen LogP) is 5.71. The molecule has 0 spiro atoms. The van der Waals surface area contributed by atoms with Gasteiger partial charge in [-0.15, -0.1) is 0 Å². The SMILES string of the molecule is CCCNC[N+](C)(CCCCCCCCCCCCCCCC(C)C)Cc1ccccc1.[Cl-]. The van der Waals surface area contributed by atoms with Crippen molar-refractivity contribution in [2.24, 2.45) is 5.92 Å². The van der Waals surface area contributed by atoms with Gasteiger partial charge < -0.3 is 16.9 Å². The van der Waals surface area contributed by atoms with Crippen LogP contribution in [0.4, 0.5) is 0 Å². The molecular weight excluding hydrogens is 424 g/mol. The van der Waals surface area contributed by atoms with Gasteiger partial charge in [-0.2, -0.15) is 0 Å². The third-order valence-corrected chi connectivity index (χ3v) is 6.81. The summed E-state index contributed by atoms with van der Waals surface area (Å²) in [7, 11) is 2.43. The van der Waals surface area contributed by atoms with E-state index < -0.39 is 0 Å². The molecule has 1 unspecified atom stereocenters. The average Bonchev–Trinajstić information content (AvgIpc) is 2.77. The van der Waals surface area contributed by atoms with Crippen LogP contribution in [0.25, 0.3) is 0 Å². The number of unbranched alkanes of at least 4 members (excludes halogenated alkanes) is 12. The van der Waals surface area contributed by atoms with Crippen molar-refractivity contribution in [3.05, 3.63) is 35.9 Å². The summed E-state index contributed by atoms with van der Waals surface area (Å²) in [6, 6.07) is 11.0. The topological polar surface area (TPSA) is 12.0 Å². The van der Waals surface area contributed by atoms with Crippen molar-refractivity contribution in [1.29, 1.82) is 0 Å². The van der Waals surface area contributed by atoms with E-state index in [4.69, 9.17) is 0 Å². The van der Waals surface area contributed by atoms with Gasteiger partial charge in [0.15, 0.2) is 0 Å². The van der Waals surface area contributed by atoms with E-state index in [-0.39, 0.29) is 12.4 Å². The largest absolute Gasteiger partial charge is 1.00 e. The number of hydrogen-bond donors (Lipinski definition) is 1. The van der Waals surface area contributed by atoms with Crippen molar-refractivity contribution in [1.82, 2.24) is 5.32 Å². The van der Waals surface area contributed by atoms with Gasteiger partial charge in [0.25, 0.3) is 0 Å². The molecule has 0 heterocycles. The van der Waals surface area contributed by atoms with Gasteiger partial charge in [0.2, 0.25) is 0 Å². The van der Waals surface area contributed by atoms with Crippen LogP contribution >= 0.6 is 0 Å². The van der Waals surface area contributed by atoms with Gasteiger partial charge in [-0.05, 0) is 31.7 Å². The van der Waals surface area contributed by atoms with Gasteiger partial charge >= 0.3 is 0 Å². The molecule has 1 rings (SSSR count). The number of quaternary nitrogens is 1. The molecule has 0 aliphatic carbocycles. The standard InChI is InChI=1S/C30H57N2.ClH/c1-5-25-31-28-32(4,27-30-23-19-17-20-24-30)26-21-16-14-12-10-8-6-7-9-11-13-15-18-22-29(2)3;/h17,19-20,23-24,29,31H,5-16,18,21-22,25-28H2,1-4H3;1H/q+1;/p-1. The number of nitrogens with one attached hydrogen (secondary N) is 1. The fourth-order valence-corrected chi connectivity index (χ4v) is 4.75. The summed E-state index contributed by atoms with van der Waals surface area (Å²) in [4.78, 5) is 0. The Morgan fingerprint density at radius 1 is 0.727 bits per heavy atom. The van der Waals surface area contributed by atoms with Gasteiger partial charge in [0, 0.05) is 5.56 Å². The molecule has 194 valence electrons. The Labute approximate surface area is 214 Å². The first-order valence-electron chi connectivity index (χ1n) is 14.1. The van der Waals surface area contributed by atoms with Crippen LogP contribution in [-0.4, -0.2) is 31.3 Å². The molecule has 0 bridgehead atoms. The van der Waals surface area contributed by atoms with Crippen LogP contribution in [0.2, 0.25) is 0 Å². The van der Waals surface area contributed by atoms with E-state index in [1.165, 1.54) is 108 Å². The van der Waals surface area contributed by atoms with Crippen LogP contribution < -0.4 is 17.7 Å². The molecule has 2 nitrogen and oxygen atoms in total. The second-order valence-corrected chi connectivity index (χ2v) is 10.9. The Morgan fingerprint density at radius 3 is 1.70 bits per heavy atom. The van der Waals surface area contributed by atoms with Gasteiger partial charge in [0.1, 0.15) is 13.2 Å². The zero-order chi connectivity index (χ0) is 23.3. The molecule has 1 atom stereocenters. The quantitative estimate of drug-likeness (QED) is 0.127. The molecule has 0 amide bonds. The average molecular weight is 481 g/mol. The molecule has 0 saturated carbocycles. The van der Waals surface area contributed by atoms with Crippen molar-refractivity contribution in [2.45, 2.75) is 124 Å². The molecule has 1 aromatic rings. The minimum Gasteiger partial charge on any atom is -1.00 e. The highest BCUT2D eigenvalue weighted by atomic mass is 35.5. The molecule has 33 heavy (non-hydrogen) atoms. The van der Waals surface area contributed by atoms with Gasteiger partial charge in [-0.3, -0.25) is 5.32 Å². The summed E-state index contributed by atoms with van der Waals surface area (Å²) in [5, 5.41) is 3.67. The first kappa shape index (κ1) is 32.4. The summed E-state index contributed by atoms with van der Waals surface area (Å²) in [5.74, 6) is 0.885. The van der Waals surface area contributed by atoms with Gasteiger partial charge in [-0.1, -0.05) is 128 Å². The predicted molar refractivity (Wildman–Crippen MR) is 144 cm³/mol. The third kappa shape index (κ3) is 19.4. The summed E-state index contributed by atoms with van der Waals surface area (Å²) in [6.07, 6.45) is 21.3. The second-order valence-electron chi connectivity index (χ2n) is 10.9. The van der Waals surface area contributed by atoms with E-state index in [2.05, 4.69) is 63.5 Å². The first-order chi connectivity index (χ1) is 15.6. The van der Waals surface area contributed by atoms with E-state index in [1.54, 1.807) is 0 Å². The number of hydrogen-bond acceptors (Lipinski definition) is 1. The zero-order valence-electron chi connectivity index (χ0n) is 22.7. The lowest BCUT2D eigenvalue weighted by atomic mass is 10.0. The Bertz CT molecular complexity index is 519. The molecule has 3 heteroatoms. The number of rotatable bonds is 22. The number of nitrogens with zero attached hydrogens (tertiary/aromatic N) is 1. The zero-order valence-corrected chi connectivity index (χ0v) is 23.5. The fourth-order valence-electron chi connectivity index (χ4n) is 4.75. The summed E-state index contributed by atoms with van der Waals surface area (Å²) in [6.45, 7) is 11.6. The van der Waals surface area contributed by atoms with Crippen LogP contribution in [0.1, 0.15) is 123 Å². The van der Waals surface area contributed by atoms with Crippen molar-refractivity contribution in [3.8, 4) is 0 Å². The van der Waals surface area contributed by atoms with Crippen LogP contribution in [0.15, 0.2) is 30.3 Å². The number of halogens is 1. The maximum Gasteiger partial charge on any atom is 0.132 e. The third-order valence-electron chi connectivity index (χ3n) is 6.81. The molecule has 0 radical (unpaired) electrons. The lowest BCUT2D eigenvalue weighted by Crippen LogP contribution is -3.00. The van der Waals surface area contributed by atoms with Crippen LogP contribution in [0.5, 0.6) is 0 Å². The molecule has 0 aliphatic rings. The molecule has 0 aliphatic heterocycles. The Kier molecular flexibility index (Phi) is 21.6. The van der Waals surface area contributed by atoms with E-state index in [0.717, 1.165) is 30.2 Å². The Hall–Kier alpha value is -0.570. The van der Waals surface area contributed by atoms with Gasteiger partial charge in [0.05, 0.1) is 13.6 Å². The normalized spacial score (nSPS) is 13.1. The minimum atomic E-state index is 0. The first-order valence-corrected chi connectivity index (χ1v) is 14.1. The smallest absolute Gasteiger partial charge is 0.132 e. The van der Waals surface area contributed by atoms with Crippen molar-refractivity contribution in [3.63, 3.8) is 0 Å². The lowest BCUT2D eigenvalue weighted by Gasteiger charge is -2.35. The van der Waals surface area contributed by atoms with Gasteiger partial charge in [-0.25, -0.2) is 0 Å². The van der Waals surface area contributed by atoms with Crippen LogP contribution in [-0.2, 0) is 6.54 Å². The fraction of sp³-hybridized carbons (Fsp3) is 0.800. The molecular formula is C30H57ClN2. The Balaban J connectivity index is 0.0000102. The maximum atomic E-state index is 3.67. The van der Waals surface area contributed by atoms with Crippen LogP contribution in [0, 0.1) is 5.92 Å². The molecule has 1 aromatic carbocycles. The molecule has 0 aromatic heterocycles. The highest BCUT2D eigenvalue weighted by Crippen LogP contribution is 2.16. The van der Waals surface area contributed by atoms with E-state index in [9.17, 15) is 0 Å². The van der Waals surface area contributed by atoms with Crippen molar-refractivity contribution >= 4 is 0 Å². The lowest BCUT2D eigenvalue weighted by molar-refractivity contribution is -0.925. The maximum absolute atomic E-state index is 3.67. The minimum absolute atomic E-state index is 0. The molecule has 1 N–H and O–H groups in total. The summed E-state index contributed by atoms with van der Waals surface area (Å²) >= 11 is 0. The molecule has 0 fully saturated rings. The summed E-state index contributed by atoms with van der Waals surface area (Å²) in [5.41, 5.74) is 1.46. The van der Waals surface area contributed by atoms with E-state index in [0.29, 0.717) is 0 Å². The highest BCUT2D eigenvalue weighted by molar-refractivity contribution is 5.13. The monoisotopic (exact) mass is 480 g/mol. The van der Waals surface area contributed by atoms with E-state index in [1.807, 2.05) is 0 Å². The van der Waals surface area contributed by atoms with Crippen molar-refractivity contribution < 1.29 is 16.9 Å². The highest BCUT2D eigenvalue weighted by Gasteiger charge is 2.21. The summed E-state index contributed by atoms with van der Waals surface area (Å²) < 4.78 is 1.11. The molecule has 0 saturated heterocycles. The number of benzene rings is 1. The van der Waals surface area contributed by atoms with Crippen LogP contribution in [0.3, 0.4) is 0 Å². The Morgan fingerprint density at radius 2 is 1.21 bits per heavy atom. The van der Waals surface area contributed by atoms with E-state index >= 15 is 0 Å². The van der Waals surface area contributed by atoms with Crippen molar-refractivity contribution in [2.75, 3.05) is 26.8 Å². The second kappa shape index (κ2) is 21.9.